The number of rotatable bonds is 6. The number of ether oxygens (including phenoxy) is 1. The highest BCUT2D eigenvalue weighted by atomic mass is 127. The molecule has 2 aliphatic heterocycles. The number of halogens is 1. The van der Waals surface area contributed by atoms with E-state index in [0.29, 0.717) is 0 Å². The lowest BCUT2D eigenvalue weighted by atomic mass is 10.1. The Morgan fingerprint density at radius 1 is 0.935 bits per heavy atom. The molecule has 2 heterocycles. The molecule has 1 N–H and O–H groups in total. The summed E-state index contributed by atoms with van der Waals surface area (Å²) in [6, 6.07) is 19.1. The van der Waals surface area contributed by atoms with Crippen molar-refractivity contribution < 1.29 is 4.74 Å². The molecule has 0 aromatic heterocycles. The van der Waals surface area contributed by atoms with Gasteiger partial charge in [-0.1, -0.05) is 42.5 Å². The Morgan fingerprint density at radius 2 is 1.58 bits per heavy atom. The van der Waals surface area contributed by atoms with Gasteiger partial charge in [-0.15, -0.1) is 24.0 Å². The maximum Gasteiger partial charge on any atom is 0.193 e. The minimum absolute atomic E-state index is 0. The number of para-hydroxylation sites is 1. The van der Waals surface area contributed by atoms with Gasteiger partial charge >= 0.3 is 0 Å². The first-order chi connectivity index (χ1) is 14.8. The average molecular weight is 534 g/mol. The molecule has 2 fully saturated rings. The lowest BCUT2D eigenvalue weighted by Gasteiger charge is -2.34. The predicted molar refractivity (Wildman–Crippen MR) is 138 cm³/mol. The van der Waals surface area contributed by atoms with Crippen LogP contribution in [0.5, 0.6) is 5.75 Å². The largest absolute Gasteiger partial charge is 0.490 e. The van der Waals surface area contributed by atoms with E-state index >= 15 is 0 Å². The summed E-state index contributed by atoms with van der Waals surface area (Å²) in [6.45, 7) is 6.30. The van der Waals surface area contributed by atoms with E-state index in [0.717, 1.165) is 50.7 Å². The van der Waals surface area contributed by atoms with E-state index in [1.54, 1.807) is 0 Å². The van der Waals surface area contributed by atoms with Gasteiger partial charge in [0.25, 0.3) is 0 Å². The zero-order valence-electron chi connectivity index (χ0n) is 18.5. The van der Waals surface area contributed by atoms with Crippen LogP contribution < -0.4 is 10.1 Å². The molecule has 0 unspecified atom stereocenters. The third-order valence-corrected chi connectivity index (χ3v) is 6.08. The molecule has 0 radical (unpaired) electrons. The van der Waals surface area contributed by atoms with E-state index in [4.69, 9.17) is 4.74 Å². The van der Waals surface area contributed by atoms with Crippen molar-refractivity contribution in [3.8, 4) is 5.75 Å². The van der Waals surface area contributed by atoms with Crippen molar-refractivity contribution in [2.24, 2.45) is 4.99 Å². The third-order valence-electron chi connectivity index (χ3n) is 6.08. The van der Waals surface area contributed by atoms with Gasteiger partial charge in [0.1, 0.15) is 11.9 Å². The lowest BCUT2D eigenvalue weighted by Crippen LogP contribution is -2.47. The summed E-state index contributed by atoms with van der Waals surface area (Å²) in [5.74, 6) is 1.95. The number of hydrogen-bond acceptors (Lipinski definition) is 3. The Kier molecular flexibility index (Phi) is 9.46. The van der Waals surface area contributed by atoms with Crippen LogP contribution in [0.3, 0.4) is 0 Å². The van der Waals surface area contributed by atoms with Crippen LogP contribution in [0.4, 0.5) is 0 Å². The summed E-state index contributed by atoms with van der Waals surface area (Å²) in [4.78, 5) is 9.39. The third kappa shape index (κ3) is 7.10. The van der Waals surface area contributed by atoms with Crippen LogP contribution in [-0.2, 0) is 13.1 Å². The SMILES string of the molecule is CN=C(NCc1ccc(CN2CCCC2)cc1)N1CCC(Oc2ccccc2)CC1.I. The molecule has 6 heteroatoms. The fourth-order valence-corrected chi connectivity index (χ4v) is 4.35. The number of benzene rings is 2. The predicted octanol–water partition coefficient (Wildman–Crippen LogP) is 4.52. The maximum absolute atomic E-state index is 6.11. The monoisotopic (exact) mass is 534 g/mol. The Balaban J connectivity index is 0.00000272. The molecule has 2 aromatic rings. The van der Waals surface area contributed by atoms with E-state index in [1.807, 2.05) is 37.4 Å². The Morgan fingerprint density at radius 3 is 2.23 bits per heavy atom. The van der Waals surface area contributed by atoms with Crippen LogP contribution >= 0.6 is 24.0 Å². The molecule has 0 atom stereocenters. The second-order valence-electron chi connectivity index (χ2n) is 8.32. The second-order valence-corrected chi connectivity index (χ2v) is 8.32. The van der Waals surface area contributed by atoms with Gasteiger partial charge in [0, 0.05) is 46.1 Å². The summed E-state index contributed by atoms with van der Waals surface area (Å²) in [5, 5.41) is 3.54. The molecule has 2 saturated heterocycles. The molecule has 2 aliphatic rings. The van der Waals surface area contributed by atoms with E-state index in [1.165, 1.54) is 37.1 Å². The summed E-state index contributed by atoms with van der Waals surface area (Å²) in [7, 11) is 1.87. The van der Waals surface area contributed by atoms with Gasteiger partial charge in [-0.05, 0) is 49.2 Å². The standard InChI is InChI=1S/C25H34N4O.HI/c1-26-25(29-17-13-24(14-18-29)30-23-7-3-2-4-8-23)27-19-21-9-11-22(12-10-21)20-28-15-5-6-16-28;/h2-4,7-12,24H,5-6,13-20H2,1H3,(H,26,27);1H. The molecule has 0 spiro atoms. The molecule has 5 nitrogen and oxygen atoms in total. The number of likely N-dealkylation sites (tertiary alicyclic amines) is 2. The van der Waals surface area contributed by atoms with Crippen molar-refractivity contribution in [1.82, 2.24) is 15.1 Å². The van der Waals surface area contributed by atoms with Crippen LogP contribution in [0.1, 0.15) is 36.8 Å². The van der Waals surface area contributed by atoms with Crippen LogP contribution in [0.2, 0.25) is 0 Å². The van der Waals surface area contributed by atoms with Gasteiger partial charge in [0.15, 0.2) is 5.96 Å². The zero-order chi connectivity index (χ0) is 20.6. The van der Waals surface area contributed by atoms with Crippen LogP contribution in [0.25, 0.3) is 0 Å². The highest BCUT2D eigenvalue weighted by Crippen LogP contribution is 2.19. The van der Waals surface area contributed by atoms with Crippen molar-refractivity contribution in [3.63, 3.8) is 0 Å². The van der Waals surface area contributed by atoms with E-state index in [-0.39, 0.29) is 30.1 Å². The van der Waals surface area contributed by atoms with Gasteiger partial charge < -0.3 is 15.0 Å². The fraction of sp³-hybridized carbons (Fsp3) is 0.480. The minimum Gasteiger partial charge on any atom is -0.490 e. The Labute approximate surface area is 203 Å². The van der Waals surface area contributed by atoms with E-state index in [9.17, 15) is 0 Å². The molecular weight excluding hydrogens is 499 g/mol. The first-order valence-corrected chi connectivity index (χ1v) is 11.3. The van der Waals surface area contributed by atoms with Crippen molar-refractivity contribution in [1.29, 1.82) is 0 Å². The summed E-state index contributed by atoms with van der Waals surface area (Å²) in [5.41, 5.74) is 2.70. The molecule has 0 aliphatic carbocycles. The zero-order valence-corrected chi connectivity index (χ0v) is 20.8. The molecule has 168 valence electrons. The molecule has 0 saturated carbocycles. The Hall–Kier alpha value is -1.80. The van der Waals surface area contributed by atoms with Gasteiger partial charge in [0.2, 0.25) is 0 Å². The number of piperidine rings is 1. The summed E-state index contributed by atoms with van der Waals surface area (Å²) < 4.78 is 6.11. The topological polar surface area (TPSA) is 40.1 Å². The number of hydrogen-bond donors (Lipinski definition) is 1. The highest BCUT2D eigenvalue weighted by molar-refractivity contribution is 14.0. The van der Waals surface area contributed by atoms with Gasteiger partial charge in [-0.3, -0.25) is 9.89 Å². The summed E-state index contributed by atoms with van der Waals surface area (Å²) in [6.07, 6.45) is 5.00. The normalized spacial score (nSPS) is 18.0. The first kappa shape index (κ1) is 23.9. The maximum atomic E-state index is 6.11. The molecule has 2 aromatic carbocycles. The van der Waals surface area contributed by atoms with Crippen molar-refractivity contribution >= 4 is 29.9 Å². The van der Waals surface area contributed by atoms with Crippen molar-refractivity contribution in [2.45, 2.75) is 44.9 Å². The molecular formula is C25H35IN4O. The van der Waals surface area contributed by atoms with Crippen LogP contribution in [0.15, 0.2) is 59.6 Å². The quantitative estimate of drug-likeness (QED) is 0.336. The number of nitrogens with zero attached hydrogens (tertiary/aromatic N) is 3. The summed E-state index contributed by atoms with van der Waals surface area (Å²) >= 11 is 0. The second kappa shape index (κ2) is 12.3. The van der Waals surface area contributed by atoms with Crippen molar-refractivity contribution in [3.05, 3.63) is 65.7 Å². The molecule has 0 bridgehead atoms. The number of aliphatic imine (C=N–C) groups is 1. The van der Waals surface area contributed by atoms with Gasteiger partial charge in [-0.2, -0.15) is 0 Å². The molecule has 0 amide bonds. The number of guanidine groups is 1. The molecule has 4 rings (SSSR count). The van der Waals surface area contributed by atoms with Gasteiger partial charge in [-0.25, -0.2) is 0 Å². The minimum atomic E-state index is 0. The van der Waals surface area contributed by atoms with E-state index < -0.39 is 0 Å². The Bertz CT molecular complexity index is 798. The highest BCUT2D eigenvalue weighted by Gasteiger charge is 2.22. The van der Waals surface area contributed by atoms with E-state index in [2.05, 4.69) is 44.4 Å². The fourth-order valence-electron chi connectivity index (χ4n) is 4.35. The van der Waals surface area contributed by atoms with Crippen molar-refractivity contribution in [2.75, 3.05) is 33.2 Å². The van der Waals surface area contributed by atoms with Crippen LogP contribution in [-0.4, -0.2) is 55.1 Å². The van der Waals surface area contributed by atoms with Gasteiger partial charge in [0.05, 0.1) is 0 Å². The smallest absolute Gasteiger partial charge is 0.193 e. The number of nitrogens with one attached hydrogen (secondary N) is 1. The first-order valence-electron chi connectivity index (χ1n) is 11.3. The molecule has 31 heavy (non-hydrogen) atoms. The van der Waals surface area contributed by atoms with Crippen LogP contribution in [0, 0.1) is 0 Å². The average Bonchev–Trinajstić information content (AvgIpc) is 3.30. The lowest BCUT2D eigenvalue weighted by molar-refractivity contribution is 0.129.